The molecule has 0 aliphatic carbocycles. The molecule has 2 aromatic rings. The lowest BCUT2D eigenvalue weighted by atomic mass is 10.1. The van der Waals surface area contributed by atoms with Crippen molar-refractivity contribution in [3.8, 4) is 17.3 Å². The molecular weight excluding hydrogens is 283 g/mol. The fraction of sp³-hybridized carbons (Fsp3) is 0.167. The SMILES string of the molecule is COc1ccnc(-c2ccc(F)c(C(F)(F)F)c2F)n1. The number of nitrogens with zero attached hydrogens (tertiary/aromatic N) is 2. The van der Waals surface area contributed by atoms with Crippen LogP contribution in [0.25, 0.3) is 11.4 Å². The van der Waals surface area contributed by atoms with E-state index in [1.807, 2.05) is 0 Å². The Kier molecular flexibility index (Phi) is 3.56. The summed E-state index contributed by atoms with van der Waals surface area (Å²) in [5, 5.41) is 0. The molecule has 2 rings (SSSR count). The molecule has 0 radical (unpaired) electrons. The van der Waals surface area contributed by atoms with Gasteiger partial charge < -0.3 is 4.74 Å². The van der Waals surface area contributed by atoms with E-state index in [0.717, 1.165) is 6.07 Å². The van der Waals surface area contributed by atoms with Crippen LogP contribution in [0.5, 0.6) is 5.88 Å². The molecule has 8 heteroatoms. The summed E-state index contributed by atoms with van der Waals surface area (Å²) in [7, 11) is 1.29. The van der Waals surface area contributed by atoms with Crippen molar-refractivity contribution < 1.29 is 26.7 Å². The van der Waals surface area contributed by atoms with Crippen molar-refractivity contribution in [2.24, 2.45) is 0 Å². The molecule has 3 nitrogen and oxygen atoms in total. The van der Waals surface area contributed by atoms with E-state index >= 15 is 0 Å². The Morgan fingerprint density at radius 3 is 2.40 bits per heavy atom. The molecule has 0 unspecified atom stereocenters. The lowest BCUT2D eigenvalue weighted by Crippen LogP contribution is -2.12. The molecule has 0 N–H and O–H groups in total. The smallest absolute Gasteiger partial charge is 0.422 e. The van der Waals surface area contributed by atoms with Crippen molar-refractivity contribution in [1.29, 1.82) is 0 Å². The third-order valence-corrected chi connectivity index (χ3v) is 2.45. The van der Waals surface area contributed by atoms with Gasteiger partial charge in [0.25, 0.3) is 0 Å². The quantitative estimate of drug-likeness (QED) is 0.795. The molecule has 0 saturated carbocycles. The number of ether oxygens (including phenoxy) is 1. The van der Waals surface area contributed by atoms with E-state index in [2.05, 4.69) is 9.97 Å². The molecule has 0 fully saturated rings. The highest BCUT2D eigenvalue weighted by Gasteiger charge is 2.39. The lowest BCUT2D eigenvalue weighted by Gasteiger charge is -2.11. The van der Waals surface area contributed by atoms with Crippen LogP contribution in [0.3, 0.4) is 0 Å². The molecule has 1 aromatic carbocycles. The normalized spacial score (nSPS) is 11.5. The van der Waals surface area contributed by atoms with Gasteiger partial charge in [-0.15, -0.1) is 0 Å². The van der Waals surface area contributed by atoms with Crippen LogP contribution in [0.4, 0.5) is 22.0 Å². The molecule has 0 amide bonds. The molecule has 0 aliphatic rings. The average Bonchev–Trinajstić information content (AvgIpc) is 2.37. The van der Waals surface area contributed by atoms with Gasteiger partial charge in [0.15, 0.2) is 5.82 Å². The Bertz CT molecular complexity index is 642. The number of hydrogen-bond donors (Lipinski definition) is 0. The molecule has 20 heavy (non-hydrogen) atoms. The van der Waals surface area contributed by atoms with Crippen molar-refractivity contribution in [2.45, 2.75) is 6.18 Å². The Labute approximate surface area is 110 Å². The molecule has 0 aliphatic heterocycles. The maximum Gasteiger partial charge on any atom is 0.422 e. The van der Waals surface area contributed by atoms with Crippen LogP contribution < -0.4 is 4.74 Å². The molecular formula is C12H7F5N2O. The van der Waals surface area contributed by atoms with Crippen molar-refractivity contribution in [3.05, 3.63) is 41.6 Å². The van der Waals surface area contributed by atoms with Gasteiger partial charge in [0.1, 0.15) is 17.2 Å². The van der Waals surface area contributed by atoms with Crippen molar-refractivity contribution in [3.63, 3.8) is 0 Å². The van der Waals surface area contributed by atoms with Gasteiger partial charge in [0.2, 0.25) is 5.88 Å². The molecule has 1 heterocycles. The molecule has 0 saturated heterocycles. The Hall–Kier alpha value is -2.25. The highest BCUT2D eigenvalue weighted by atomic mass is 19.4. The topological polar surface area (TPSA) is 35.0 Å². The zero-order valence-corrected chi connectivity index (χ0v) is 10.0. The first kappa shape index (κ1) is 14.2. The molecule has 0 spiro atoms. The van der Waals surface area contributed by atoms with Crippen LogP contribution in [0.1, 0.15) is 5.56 Å². The van der Waals surface area contributed by atoms with Gasteiger partial charge in [0.05, 0.1) is 12.7 Å². The van der Waals surface area contributed by atoms with Crippen molar-refractivity contribution >= 4 is 0 Å². The maximum atomic E-state index is 13.9. The minimum Gasteiger partial charge on any atom is -0.481 e. The lowest BCUT2D eigenvalue weighted by molar-refractivity contribution is -0.142. The molecule has 0 bridgehead atoms. The Balaban J connectivity index is 2.64. The van der Waals surface area contributed by atoms with E-state index in [1.165, 1.54) is 19.4 Å². The van der Waals surface area contributed by atoms with E-state index in [9.17, 15) is 22.0 Å². The number of benzene rings is 1. The van der Waals surface area contributed by atoms with Gasteiger partial charge >= 0.3 is 6.18 Å². The van der Waals surface area contributed by atoms with E-state index in [-0.39, 0.29) is 11.7 Å². The first-order valence-electron chi connectivity index (χ1n) is 5.27. The Morgan fingerprint density at radius 1 is 1.10 bits per heavy atom. The second kappa shape index (κ2) is 5.03. The minimum atomic E-state index is -5.15. The summed E-state index contributed by atoms with van der Waals surface area (Å²) >= 11 is 0. The van der Waals surface area contributed by atoms with Crippen LogP contribution in [0.15, 0.2) is 24.4 Å². The second-order valence-corrected chi connectivity index (χ2v) is 3.70. The predicted molar refractivity (Wildman–Crippen MR) is 58.9 cm³/mol. The summed E-state index contributed by atoms with van der Waals surface area (Å²) in [5.41, 5.74) is -2.53. The van der Waals surface area contributed by atoms with Gasteiger partial charge in [-0.05, 0) is 12.1 Å². The van der Waals surface area contributed by atoms with E-state index in [1.54, 1.807) is 0 Å². The van der Waals surface area contributed by atoms with Crippen molar-refractivity contribution in [1.82, 2.24) is 9.97 Å². The van der Waals surface area contributed by atoms with Gasteiger partial charge in [0, 0.05) is 12.3 Å². The molecule has 0 atom stereocenters. The number of halogens is 5. The van der Waals surface area contributed by atoms with Gasteiger partial charge in [-0.25, -0.2) is 13.8 Å². The fourth-order valence-corrected chi connectivity index (χ4v) is 1.57. The number of alkyl halides is 3. The summed E-state index contributed by atoms with van der Waals surface area (Å²) in [4.78, 5) is 7.36. The Morgan fingerprint density at radius 2 is 1.80 bits per heavy atom. The molecule has 106 valence electrons. The maximum absolute atomic E-state index is 13.9. The van der Waals surface area contributed by atoms with Crippen LogP contribution in [-0.4, -0.2) is 17.1 Å². The fourth-order valence-electron chi connectivity index (χ4n) is 1.57. The summed E-state index contributed by atoms with van der Waals surface area (Å²) in [6.07, 6.45) is -3.96. The minimum absolute atomic E-state index is 0.0484. The first-order valence-corrected chi connectivity index (χ1v) is 5.27. The van der Waals surface area contributed by atoms with E-state index in [0.29, 0.717) is 6.07 Å². The van der Waals surface area contributed by atoms with Crippen LogP contribution >= 0.6 is 0 Å². The summed E-state index contributed by atoms with van der Waals surface area (Å²) in [6.45, 7) is 0. The summed E-state index contributed by atoms with van der Waals surface area (Å²) < 4.78 is 69.6. The third-order valence-electron chi connectivity index (χ3n) is 2.45. The number of hydrogen-bond acceptors (Lipinski definition) is 3. The largest absolute Gasteiger partial charge is 0.481 e. The standard InChI is InChI=1S/C12H7F5N2O/c1-20-8-4-5-18-11(19-8)6-2-3-7(13)9(10(6)14)12(15,16)17/h2-5H,1H3. The average molecular weight is 290 g/mol. The highest BCUT2D eigenvalue weighted by Crippen LogP contribution is 2.36. The molecule has 1 aromatic heterocycles. The van der Waals surface area contributed by atoms with E-state index in [4.69, 9.17) is 4.74 Å². The zero-order chi connectivity index (χ0) is 14.9. The summed E-state index contributed by atoms with van der Waals surface area (Å²) in [6, 6.07) is 2.70. The van der Waals surface area contributed by atoms with Gasteiger partial charge in [-0.3, -0.25) is 0 Å². The summed E-state index contributed by atoms with van der Waals surface area (Å²) in [5.74, 6) is -3.73. The van der Waals surface area contributed by atoms with Crippen LogP contribution in [0.2, 0.25) is 0 Å². The zero-order valence-electron chi connectivity index (χ0n) is 10.0. The van der Waals surface area contributed by atoms with Crippen LogP contribution in [-0.2, 0) is 6.18 Å². The first-order chi connectivity index (χ1) is 9.34. The predicted octanol–water partition coefficient (Wildman–Crippen LogP) is 3.45. The van der Waals surface area contributed by atoms with Crippen LogP contribution in [0, 0.1) is 11.6 Å². The van der Waals surface area contributed by atoms with E-state index < -0.39 is 28.9 Å². The number of aromatic nitrogens is 2. The van der Waals surface area contributed by atoms with Crippen molar-refractivity contribution in [2.75, 3.05) is 7.11 Å². The highest BCUT2D eigenvalue weighted by molar-refractivity contribution is 5.58. The van der Waals surface area contributed by atoms with Gasteiger partial charge in [-0.2, -0.15) is 18.2 Å². The second-order valence-electron chi connectivity index (χ2n) is 3.70. The van der Waals surface area contributed by atoms with Gasteiger partial charge in [-0.1, -0.05) is 0 Å². The third kappa shape index (κ3) is 2.54. The monoisotopic (exact) mass is 290 g/mol. The number of methoxy groups -OCH3 is 1. The number of rotatable bonds is 2.